The van der Waals surface area contributed by atoms with Gasteiger partial charge in [0, 0.05) is 5.56 Å². The highest BCUT2D eigenvalue weighted by molar-refractivity contribution is 7.80. The number of hydrogen-bond donors (Lipinski definition) is 3. The van der Waals surface area contributed by atoms with E-state index in [1.165, 1.54) is 0 Å². The number of rotatable bonds is 5. The van der Waals surface area contributed by atoms with E-state index in [0.29, 0.717) is 17.7 Å². The third kappa shape index (κ3) is 3.77. The van der Waals surface area contributed by atoms with Crippen LogP contribution >= 0.6 is 12.6 Å². The number of amides is 1. The minimum absolute atomic E-state index is 0.301. The molecular weight excluding hydrogens is 250 g/mol. The maximum atomic E-state index is 11.9. The summed E-state index contributed by atoms with van der Waals surface area (Å²) in [7, 11) is 0. The van der Waals surface area contributed by atoms with Crippen LogP contribution in [0, 0.1) is 13.8 Å². The van der Waals surface area contributed by atoms with Gasteiger partial charge in [-0.1, -0.05) is 6.07 Å². The number of nitrogens with one attached hydrogen (secondary N) is 1. The summed E-state index contributed by atoms with van der Waals surface area (Å²) < 4.78 is 0. The number of hydrogen-bond acceptors (Lipinski definition) is 3. The SMILES string of the molecule is Cc1ccc(C(=O)NC(CCS)C(=O)O)cc1C. The van der Waals surface area contributed by atoms with Crippen LogP contribution < -0.4 is 5.32 Å². The van der Waals surface area contributed by atoms with E-state index in [2.05, 4.69) is 17.9 Å². The Morgan fingerprint density at radius 3 is 2.50 bits per heavy atom. The van der Waals surface area contributed by atoms with Crippen molar-refractivity contribution in [3.8, 4) is 0 Å². The highest BCUT2D eigenvalue weighted by Gasteiger charge is 2.19. The monoisotopic (exact) mass is 267 g/mol. The first kappa shape index (κ1) is 14.6. The van der Waals surface area contributed by atoms with E-state index in [0.717, 1.165) is 11.1 Å². The molecule has 0 aliphatic heterocycles. The van der Waals surface area contributed by atoms with E-state index < -0.39 is 12.0 Å². The summed E-state index contributed by atoms with van der Waals surface area (Å²) in [5.41, 5.74) is 2.57. The molecule has 0 saturated carbocycles. The number of aryl methyl sites for hydroxylation is 2. The number of aliphatic carboxylic acids is 1. The van der Waals surface area contributed by atoms with Gasteiger partial charge in [0.1, 0.15) is 6.04 Å². The van der Waals surface area contributed by atoms with Crippen molar-refractivity contribution in [1.29, 1.82) is 0 Å². The van der Waals surface area contributed by atoms with Crippen molar-refractivity contribution in [2.24, 2.45) is 0 Å². The van der Waals surface area contributed by atoms with Crippen LogP contribution in [0.3, 0.4) is 0 Å². The first-order valence-electron chi connectivity index (χ1n) is 5.67. The van der Waals surface area contributed by atoms with Crippen LogP contribution in [0.5, 0.6) is 0 Å². The molecule has 0 heterocycles. The summed E-state index contributed by atoms with van der Waals surface area (Å²) in [4.78, 5) is 22.8. The molecule has 98 valence electrons. The van der Waals surface area contributed by atoms with Crippen LogP contribution in [0.2, 0.25) is 0 Å². The van der Waals surface area contributed by atoms with Gasteiger partial charge in [0.15, 0.2) is 0 Å². The minimum atomic E-state index is -1.04. The summed E-state index contributed by atoms with van der Waals surface area (Å²) in [6.45, 7) is 3.87. The molecule has 5 heteroatoms. The Kier molecular flexibility index (Phi) is 5.22. The van der Waals surface area contributed by atoms with Gasteiger partial charge in [-0.15, -0.1) is 0 Å². The van der Waals surface area contributed by atoms with Crippen molar-refractivity contribution in [2.75, 3.05) is 5.75 Å². The van der Waals surface area contributed by atoms with Crippen LogP contribution in [0.1, 0.15) is 27.9 Å². The number of thiol groups is 1. The number of benzene rings is 1. The van der Waals surface area contributed by atoms with Gasteiger partial charge in [0.2, 0.25) is 0 Å². The average Bonchev–Trinajstić information content (AvgIpc) is 2.31. The third-order valence-electron chi connectivity index (χ3n) is 2.79. The van der Waals surface area contributed by atoms with Crippen molar-refractivity contribution in [3.05, 3.63) is 34.9 Å². The first-order valence-corrected chi connectivity index (χ1v) is 6.30. The molecule has 4 nitrogen and oxygen atoms in total. The quantitative estimate of drug-likeness (QED) is 0.713. The number of carbonyl (C=O) groups excluding carboxylic acids is 1. The fourth-order valence-electron chi connectivity index (χ4n) is 1.51. The largest absolute Gasteiger partial charge is 0.480 e. The highest BCUT2D eigenvalue weighted by atomic mass is 32.1. The van der Waals surface area contributed by atoms with E-state index in [1.54, 1.807) is 12.1 Å². The standard InChI is InChI=1S/C13H17NO3S/c1-8-3-4-10(7-9(8)2)12(15)14-11(5-6-18)13(16)17/h3-4,7,11,18H,5-6H2,1-2H3,(H,14,15)(H,16,17). The lowest BCUT2D eigenvalue weighted by Crippen LogP contribution is -2.41. The minimum Gasteiger partial charge on any atom is -0.480 e. The molecule has 0 aromatic heterocycles. The molecule has 1 amide bonds. The zero-order valence-corrected chi connectivity index (χ0v) is 11.3. The maximum absolute atomic E-state index is 11.9. The maximum Gasteiger partial charge on any atom is 0.326 e. The number of carbonyl (C=O) groups is 2. The van der Waals surface area contributed by atoms with Crippen LogP contribution in [0.15, 0.2) is 18.2 Å². The van der Waals surface area contributed by atoms with Gasteiger partial charge in [-0.05, 0) is 49.3 Å². The van der Waals surface area contributed by atoms with Crippen molar-refractivity contribution in [3.63, 3.8) is 0 Å². The summed E-state index contributed by atoms with van der Waals surface area (Å²) in [5, 5.41) is 11.4. The first-order chi connectivity index (χ1) is 8.45. The summed E-state index contributed by atoms with van der Waals surface area (Å²) in [6.07, 6.45) is 0.301. The van der Waals surface area contributed by atoms with Crippen molar-refractivity contribution in [2.45, 2.75) is 26.3 Å². The van der Waals surface area contributed by atoms with Gasteiger partial charge < -0.3 is 10.4 Å². The van der Waals surface area contributed by atoms with Crippen LogP contribution in [0.25, 0.3) is 0 Å². The van der Waals surface area contributed by atoms with Gasteiger partial charge in [-0.25, -0.2) is 4.79 Å². The predicted octanol–water partition coefficient (Wildman–Crippen LogP) is 1.81. The van der Waals surface area contributed by atoms with E-state index in [1.807, 2.05) is 19.9 Å². The molecule has 1 atom stereocenters. The number of carboxylic acid groups (broad SMARTS) is 1. The molecule has 0 bridgehead atoms. The number of carboxylic acids is 1. The van der Waals surface area contributed by atoms with E-state index in [-0.39, 0.29) is 5.91 Å². The second kappa shape index (κ2) is 6.44. The Bertz CT molecular complexity index is 460. The van der Waals surface area contributed by atoms with E-state index >= 15 is 0 Å². The molecule has 0 saturated heterocycles. The molecule has 0 aliphatic rings. The van der Waals surface area contributed by atoms with Crippen LogP contribution in [0.4, 0.5) is 0 Å². The predicted molar refractivity (Wildman–Crippen MR) is 73.3 cm³/mol. The van der Waals surface area contributed by atoms with E-state index in [9.17, 15) is 9.59 Å². The molecule has 2 N–H and O–H groups in total. The Morgan fingerprint density at radius 2 is 2.00 bits per heavy atom. The molecule has 1 unspecified atom stereocenters. The van der Waals surface area contributed by atoms with Gasteiger partial charge in [-0.3, -0.25) is 4.79 Å². The van der Waals surface area contributed by atoms with E-state index in [4.69, 9.17) is 5.11 Å². The van der Waals surface area contributed by atoms with Crippen LogP contribution in [-0.4, -0.2) is 28.8 Å². The summed E-state index contributed by atoms with van der Waals surface area (Å²) >= 11 is 3.98. The lowest BCUT2D eigenvalue weighted by Gasteiger charge is -2.13. The molecule has 1 aromatic carbocycles. The second-order valence-corrected chi connectivity index (χ2v) is 4.62. The van der Waals surface area contributed by atoms with Crippen molar-refractivity contribution < 1.29 is 14.7 Å². The molecular formula is C13H17NO3S. The second-order valence-electron chi connectivity index (χ2n) is 4.18. The lowest BCUT2D eigenvalue weighted by molar-refractivity contribution is -0.139. The Labute approximate surface area is 112 Å². The van der Waals surface area contributed by atoms with Gasteiger partial charge in [0.05, 0.1) is 0 Å². The smallest absolute Gasteiger partial charge is 0.326 e. The fraction of sp³-hybridized carbons (Fsp3) is 0.385. The molecule has 0 fully saturated rings. The molecule has 0 aliphatic carbocycles. The zero-order valence-electron chi connectivity index (χ0n) is 10.4. The van der Waals surface area contributed by atoms with Crippen molar-refractivity contribution in [1.82, 2.24) is 5.32 Å². The zero-order chi connectivity index (χ0) is 13.7. The Morgan fingerprint density at radius 1 is 1.33 bits per heavy atom. The van der Waals surface area contributed by atoms with Gasteiger partial charge in [0.25, 0.3) is 5.91 Å². The average molecular weight is 267 g/mol. The molecule has 0 spiro atoms. The fourth-order valence-corrected chi connectivity index (χ4v) is 1.77. The molecule has 1 aromatic rings. The molecule has 1 rings (SSSR count). The summed E-state index contributed by atoms with van der Waals surface area (Å²) in [5.74, 6) is -1.00. The lowest BCUT2D eigenvalue weighted by atomic mass is 10.1. The molecule has 18 heavy (non-hydrogen) atoms. The molecule has 0 radical (unpaired) electrons. The summed E-state index contributed by atoms with van der Waals surface area (Å²) in [6, 6.07) is 4.40. The third-order valence-corrected chi connectivity index (χ3v) is 3.05. The van der Waals surface area contributed by atoms with Crippen molar-refractivity contribution >= 4 is 24.5 Å². The Balaban J connectivity index is 2.80. The van der Waals surface area contributed by atoms with Gasteiger partial charge in [-0.2, -0.15) is 12.6 Å². The highest BCUT2D eigenvalue weighted by Crippen LogP contribution is 2.10. The van der Waals surface area contributed by atoms with Gasteiger partial charge >= 0.3 is 5.97 Å². The Hall–Kier alpha value is -1.49. The topological polar surface area (TPSA) is 66.4 Å². The normalized spacial score (nSPS) is 11.9. The van der Waals surface area contributed by atoms with Crippen LogP contribution in [-0.2, 0) is 4.79 Å².